The molecule has 0 N–H and O–H groups in total. The summed E-state index contributed by atoms with van der Waals surface area (Å²) in [5.41, 5.74) is 2.81. The first-order chi connectivity index (χ1) is 9.15. The molecule has 19 heavy (non-hydrogen) atoms. The largest absolute Gasteiger partial charge is 0.340 e. The van der Waals surface area contributed by atoms with Crippen molar-refractivity contribution >= 4 is 38.9 Å². The van der Waals surface area contributed by atoms with Gasteiger partial charge in [0, 0.05) is 17.6 Å². The Bertz CT molecular complexity index is 574. The second-order valence-electron chi connectivity index (χ2n) is 4.14. The van der Waals surface area contributed by atoms with Crippen LogP contribution in [0.1, 0.15) is 12.5 Å². The number of hydrogen-bond acceptors (Lipinski definition) is 1. The van der Waals surface area contributed by atoms with Crippen LogP contribution < -0.4 is 4.90 Å². The zero-order valence-corrected chi connectivity index (χ0v) is 12.9. The number of benzene rings is 2. The van der Waals surface area contributed by atoms with Crippen LogP contribution in [0.25, 0.3) is 0 Å². The summed E-state index contributed by atoms with van der Waals surface area (Å²) >= 11 is 9.72. The van der Waals surface area contributed by atoms with E-state index in [9.17, 15) is 4.39 Å². The zero-order valence-electron chi connectivity index (χ0n) is 10.5. The Kier molecular flexibility index (Phi) is 4.83. The molecule has 2 aromatic carbocycles. The lowest BCUT2D eigenvalue weighted by atomic mass is 10.2. The second kappa shape index (κ2) is 6.40. The SMILES string of the molecule is CCN(c1cccc(F)c1)c1ccc(CBr)cc1Cl. The van der Waals surface area contributed by atoms with Crippen LogP contribution in [0.15, 0.2) is 42.5 Å². The molecule has 0 radical (unpaired) electrons. The minimum absolute atomic E-state index is 0.246. The Hall–Kier alpha value is -1.06. The zero-order chi connectivity index (χ0) is 13.8. The molecule has 4 heteroatoms. The molecular formula is C15H14BrClFN. The molecule has 0 aromatic heterocycles. The maximum atomic E-state index is 13.3. The topological polar surface area (TPSA) is 3.24 Å². The van der Waals surface area contributed by atoms with E-state index in [4.69, 9.17) is 11.6 Å². The van der Waals surface area contributed by atoms with Crippen molar-refractivity contribution in [3.8, 4) is 0 Å². The van der Waals surface area contributed by atoms with Crippen LogP contribution in [0, 0.1) is 5.82 Å². The summed E-state index contributed by atoms with van der Waals surface area (Å²) in [6.07, 6.45) is 0. The van der Waals surface area contributed by atoms with Gasteiger partial charge in [0.15, 0.2) is 0 Å². The fourth-order valence-electron chi connectivity index (χ4n) is 1.99. The summed E-state index contributed by atoms with van der Waals surface area (Å²) < 4.78 is 13.3. The highest BCUT2D eigenvalue weighted by Crippen LogP contribution is 2.33. The number of rotatable bonds is 4. The Morgan fingerprint density at radius 2 is 2.00 bits per heavy atom. The molecule has 0 aliphatic rings. The van der Waals surface area contributed by atoms with Crippen LogP contribution in [0.4, 0.5) is 15.8 Å². The quantitative estimate of drug-likeness (QED) is 0.660. The molecule has 0 heterocycles. The van der Waals surface area contributed by atoms with Crippen molar-refractivity contribution in [3.05, 3.63) is 58.9 Å². The Morgan fingerprint density at radius 1 is 1.21 bits per heavy atom. The van der Waals surface area contributed by atoms with E-state index in [0.29, 0.717) is 5.02 Å². The van der Waals surface area contributed by atoms with Crippen molar-refractivity contribution < 1.29 is 4.39 Å². The molecule has 2 aromatic rings. The van der Waals surface area contributed by atoms with Gasteiger partial charge in [-0.3, -0.25) is 0 Å². The Balaban J connectivity index is 2.42. The molecule has 0 saturated carbocycles. The molecule has 0 fully saturated rings. The number of nitrogens with zero attached hydrogens (tertiary/aromatic N) is 1. The van der Waals surface area contributed by atoms with E-state index in [2.05, 4.69) is 15.9 Å². The molecule has 0 atom stereocenters. The average molecular weight is 343 g/mol. The first-order valence-electron chi connectivity index (χ1n) is 6.03. The molecule has 1 nitrogen and oxygen atoms in total. The van der Waals surface area contributed by atoms with Crippen LogP contribution in [0.5, 0.6) is 0 Å². The molecule has 0 aliphatic heterocycles. The van der Waals surface area contributed by atoms with Crippen molar-refractivity contribution in [3.63, 3.8) is 0 Å². The number of alkyl halides is 1. The molecule has 0 unspecified atom stereocenters. The molecular weight excluding hydrogens is 329 g/mol. The van der Waals surface area contributed by atoms with Gasteiger partial charge in [-0.05, 0) is 42.8 Å². The number of anilines is 2. The fraction of sp³-hybridized carbons (Fsp3) is 0.200. The van der Waals surface area contributed by atoms with Gasteiger partial charge in [-0.1, -0.05) is 39.7 Å². The van der Waals surface area contributed by atoms with E-state index in [1.54, 1.807) is 6.07 Å². The third-order valence-corrected chi connectivity index (χ3v) is 3.84. The highest BCUT2D eigenvalue weighted by atomic mass is 79.9. The van der Waals surface area contributed by atoms with Gasteiger partial charge in [0.1, 0.15) is 5.82 Å². The van der Waals surface area contributed by atoms with Gasteiger partial charge in [-0.15, -0.1) is 0 Å². The minimum atomic E-state index is -0.246. The van der Waals surface area contributed by atoms with E-state index >= 15 is 0 Å². The van der Waals surface area contributed by atoms with Gasteiger partial charge in [0.05, 0.1) is 10.7 Å². The fourth-order valence-corrected chi connectivity index (χ4v) is 2.64. The molecule has 2 rings (SSSR count). The van der Waals surface area contributed by atoms with Crippen LogP contribution in [0.3, 0.4) is 0 Å². The predicted molar refractivity (Wildman–Crippen MR) is 83.2 cm³/mol. The molecule has 100 valence electrons. The van der Waals surface area contributed by atoms with Crippen LogP contribution in [0.2, 0.25) is 5.02 Å². The maximum absolute atomic E-state index is 13.3. The average Bonchev–Trinajstić information content (AvgIpc) is 2.41. The summed E-state index contributed by atoms with van der Waals surface area (Å²) in [6, 6.07) is 12.4. The smallest absolute Gasteiger partial charge is 0.125 e. The monoisotopic (exact) mass is 341 g/mol. The Morgan fingerprint density at radius 3 is 2.58 bits per heavy atom. The molecule has 0 amide bonds. The van der Waals surface area contributed by atoms with Crippen LogP contribution in [-0.4, -0.2) is 6.54 Å². The summed E-state index contributed by atoms with van der Waals surface area (Å²) in [5.74, 6) is -0.246. The second-order valence-corrected chi connectivity index (χ2v) is 5.11. The van der Waals surface area contributed by atoms with E-state index in [1.165, 1.54) is 12.1 Å². The van der Waals surface area contributed by atoms with Crippen molar-refractivity contribution in [1.29, 1.82) is 0 Å². The Labute approximate surface area is 126 Å². The molecule has 0 spiro atoms. The lowest BCUT2D eigenvalue weighted by molar-refractivity contribution is 0.627. The first kappa shape index (κ1) is 14.4. The number of halogens is 3. The van der Waals surface area contributed by atoms with Crippen molar-refractivity contribution in [2.24, 2.45) is 0 Å². The number of hydrogen-bond donors (Lipinski definition) is 0. The van der Waals surface area contributed by atoms with Crippen molar-refractivity contribution in [2.45, 2.75) is 12.3 Å². The molecule has 0 saturated heterocycles. The highest BCUT2D eigenvalue weighted by molar-refractivity contribution is 9.08. The minimum Gasteiger partial charge on any atom is -0.340 e. The summed E-state index contributed by atoms with van der Waals surface area (Å²) in [7, 11) is 0. The molecule has 0 bridgehead atoms. The highest BCUT2D eigenvalue weighted by Gasteiger charge is 2.12. The van der Waals surface area contributed by atoms with E-state index in [0.717, 1.165) is 28.8 Å². The van der Waals surface area contributed by atoms with Crippen molar-refractivity contribution in [2.75, 3.05) is 11.4 Å². The van der Waals surface area contributed by atoms with Gasteiger partial charge in [0.2, 0.25) is 0 Å². The third-order valence-electron chi connectivity index (χ3n) is 2.89. The van der Waals surface area contributed by atoms with Gasteiger partial charge in [-0.25, -0.2) is 4.39 Å². The first-order valence-corrected chi connectivity index (χ1v) is 7.53. The van der Waals surface area contributed by atoms with E-state index < -0.39 is 0 Å². The predicted octanol–water partition coefficient (Wildman–Crippen LogP) is 5.53. The summed E-state index contributed by atoms with van der Waals surface area (Å²) in [4.78, 5) is 1.99. The van der Waals surface area contributed by atoms with Crippen molar-refractivity contribution in [1.82, 2.24) is 0 Å². The summed E-state index contributed by atoms with van der Waals surface area (Å²) in [6.45, 7) is 2.73. The summed E-state index contributed by atoms with van der Waals surface area (Å²) in [5, 5.41) is 1.43. The van der Waals surface area contributed by atoms with Crippen LogP contribution >= 0.6 is 27.5 Å². The van der Waals surface area contributed by atoms with E-state index in [-0.39, 0.29) is 5.82 Å². The van der Waals surface area contributed by atoms with Crippen LogP contribution in [-0.2, 0) is 5.33 Å². The van der Waals surface area contributed by atoms with E-state index in [1.807, 2.05) is 36.1 Å². The molecule has 0 aliphatic carbocycles. The maximum Gasteiger partial charge on any atom is 0.125 e. The van der Waals surface area contributed by atoms with Gasteiger partial charge in [0.25, 0.3) is 0 Å². The van der Waals surface area contributed by atoms with Gasteiger partial charge in [-0.2, -0.15) is 0 Å². The standard InChI is InChI=1S/C15H14BrClFN/c1-2-19(13-5-3-4-12(18)9-13)15-7-6-11(10-16)8-14(15)17/h3-9H,2,10H2,1H3. The lowest BCUT2D eigenvalue weighted by Crippen LogP contribution is -2.16. The normalized spacial score (nSPS) is 10.5. The third kappa shape index (κ3) is 3.28. The lowest BCUT2D eigenvalue weighted by Gasteiger charge is -2.24. The van der Waals surface area contributed by atoms with Gasteiger partial charge >= 0.3 is 0 Å². The van der Waals surface area contributed by atoms with Gasteiger partial charge < -0.3 is 4.90 Å².